The van der Waals surface area contributed by atoms with Gasteiger partial charge < -0.3 is 14.2 Å². The van der Waals surface area contributed by atoms with Crippen LogP contribution in [0.25, 0.3) is 0 Å². The van der Waals surface area contributed by atoms with Crippen LogP contribution in [0.5, 0.6) is 0 Å². The summed E-state index contributed by atoms with van der Waals surface area (Å²) in [6.07, 6.45) is 11.6. The molecule has 0 amide bonds. The minimum atomic E-state index is -0.433. The minimum Gasteiger partial charge on any atom is -0.501 e. The first-order valence-corrected chi connectivity index (χ1v) is 10.1. The lowest BCUT2D eigenvalue weighted by Gasteiger charge is -2.55. The Bertz CT molecular complexity index is 696. The summed E-state index contributed by atoms with van der Waals surface area (Å²) in [5, 5.41) is 0. The summed E-state index contributed by atoms with van der Waals surface area (Å²) in [5.74, 6) is 1.89. The molecular weight excluding hydrogens is 324 g/mol. The molecule has 144 valence electrons. The molecule has 0 aromatic carbocycles. The van der Waals surface area contributed by atoms with E-state index in [1.165, 1.54) is 36.8 Å². The third kappa shape index (κ3) is 2.13. The van der Waals surface area contributed by atoms with E-state index in [0.29, 0.717) is 11.8 Å². The van der Waals surface area contributed by atoms with E-state index in [4.69, 9.17) is 14.2 Å². The maximum Gasteiger partial charge on any atom is 0.173 e. The van der Waals surface area contributed by atoms with Crippen molar-refractivity contribution in [1.29, 1.82) is 0 Å². The summed E-state index contributed by atoms with van der Waals surface area (Å²) in [5.41, 5.74) is 4.89. The van der Waals surface area contributed by atoms with Gasteiger partial charge in [0, 0.05) is 32.5 Å². The van der Waals surface area contributed by atoms with Gasteiger partial charge in [0.1, 0.15) is 0 Å². The van der Waals surface area contributed by atoms with E-state index in [1.807, 2.05) is 14.2 Å². The first-order chi connectivity index (χ1) is 12.3. The van der Waals surface area contributed by atoms with Gasteiger partial charge in [0.15, 0.2) is 5.79 Å². The van der Waals surface area contributed by atoms with Crippen LogP contribution in [-0.2, 0) is 14.2 Å². The largest absolute Gasteiger partial charge is 0.501 e. The molecule has 0 unspecified atom stereocenters. The van der Waals surface area contributed by atoms with Crippen LogP contribution in [0, 0.1) is 22.7 Å². The second-order valence-corrected chi connectivity index (χ2v) is 9.23. The zero-order valence-electron chi connectivity index (χ0n) is 17.3. The van der Waals surface area contributed by atoms with Gasteiger partial charge in [-0.1, -0.05) is 25.5 Å². The van der Waals surface area contributed by atoms with Crippen molar-refractivity contribution in [2.24, 2.45) is 22.7 Å². The Hall–Kier alpha value is -1.06. The summed E-state index contributed by atoms with van der Waals surface area (Å²) in [4.78, 5) is 0. The molecule has 4 aliphatic carbocycles. The Morgan fingerprint density at radius 1 is 0.923 bits per heavy atom. The van der Waals surface area contributed by atoms with Crippen LogP contribution in [-0.4, -0.2) is 27.1 Å². The quantitative estimate of drug-likeness (QED) is 0.633. The summed E-state index contributed by atoms with van der Waals surface area (Å²) >= 11 is 0. The number of fused-ring (bicyclic) bond motifs is 5. The molecule has 4 atom stereocenters. The second kappa shape index (κ2) is 5.97. The number of allylic oxidation sites excluding steroid dienone is 6. The number of rotatable bonds is 3. The smallest absolute Gasteiger partial charge is 0.173 e. The van der Waals surface area contributed by atoms with Gasteiger partial charge in [-0.3, -0.25) is 0 Å². The van der Waals surface area contributed by atoms with E-state index in [9.17, 15) is 0 Å². The summed E-state index contributed by atoms with van der Waals surface area (Å²) in [7, 11) is 5.44. The average molecular weight is 359 g/mol. The molecule has 3 heteroatoms. The lowest BCUT2D eigenvalue weighted by molar-refractivity contribution is -0.268. The van der Waals surface area contributed by atoms with Crippen molar-refractivity contribution < 1.29 is 14.2 Å². The molecule has 0 aliphatic heterocycles. The highest BCUT2D eigenvalue weighted by molar-refractivity contribution is 5.49. The van der Waals surface area contributed by atoms with E-state index in [-0.39, 0.29) is 10.8 Å². The van der Waals surface area contributed by atoms with Gasteiger partial charge in [0.25, 0.3) is 0 Å². The monoisotopic (exact) mass is 358 g/mol. The van der Waals surface area contributed by atoms with Crippen LogP contribution < -0.4 is 0 Å². The SMILES string of the molecule is COC1=CC2=C(C)C=C3[C@H](CC[C@@]4(C)[C@H]3CCC4(OC)OC)[C@@]2(C)CC1. The molecule has 0 aromatic heterocycles. The van der Waals surface area contributed by atoms with Crippen LogP contribution in [0.2, 0.25) is 0 Å². The van der Waals surface area contributed by atoms with Gasteiger partial charge in [-0.25, -0.2) is 0 Å². The number of methoxy groups -OCH3 is 3. The van der Waals surface area contributed by atoms with Crippen molar-refractivity contribution in [3.8, 4) is 0 Å². The molecule has 4 rings (SSSR count). The Labute approximate surface area is 158 Å². The topological polar surface area (TPSA) is 27.7 Å². The fourth-order valence-electron chi connectivity index (χ4n) is 6.93. The normalized spacial score (nSPS) is 41.0. The maximum absolute atomic E-state index is 6.00. The molecule has 0 saturated heterocycles. The first kappa shape index (κ1) is 18.3. The molecule has 2 fully saturated rings. The van der Waals surface area contributed by atoms with E-state index < -0.39 is 5.79 Å². The Balaban J connectivity index is 1.80. The highest BCUT2D eigenvalue weighted by Crippen LogP contribution is 2.67. The van der Waals surface area contributed by atoms with Crippen molar-refractivity contribution in [2.45, 2.75) is 65.1 Å². The fraction of sp³-hybridized carbons (Fsp3) is 0.739. The van der Waals surface area contributed by atoms with Crippen LogP contribution in [0.15, 0.2) is 34.6 Å². The maximum atomic E-state index is 6.00. The average Bonchev–Trinajstić information content (AvgIpc) is 2.94. The molecule has 0 heterocycles. The third-order valence-corrected chi connectivity index (χ3v) is 8.47. The molecule has 2 saturated carbocycles. The molecular formula is C23H34O3. The highest BCUT2D eigenvalue weighted by Gasteiger charge is 2.63. The van der Waals surface area contributed by atoms with Crippen LogP contribution in [0.4, 0.5) is 0 Å². The molecule has 0 aromatic rings. The predicted molar refractivity (Wildman–Crippen MR) is 104 cm³/mol. The minimum absolute atomic E-state index is 0.0647. The molecule has 26 heavy (non-hydrogen) atoms. The fourth-order valence-corrected chi connectivity index (χ4v) is 6.93. The number of hydrogen-bond acceptors (Lipinski definition) is 3. The first-order valence-electron chi connectivity index (χ1n) is 10.1. The van der Waals surface area contributed by atoms with Crippen molar-refractivity contribution in [3.63, 3.8) is 0 Å². The summed E-state index contributed by atoms with van der Waals surface area (Å²) in [6, 6.07) is 0. The van der Waals surface area contributed by atoms with Crippen LogP contribution >= 0.6 is 0 Å². The van der Waals surface area contributed by atoms with Gasteiger partial charge in [0.05, 0.1) is 12.9 Å². The van der Waals surface area contributed by atoms with E-state index in [0.717, 1.165) is 18.6 Å². The second-order valence-electron chi connectivity index (χ2n) is 9.23. The molecule has 0 radical (unpaired) electrons. The predicted octanol–water partition coefficient (Wildman–Crippen LogP) is 5.39. The van der Waals surface area contributed by atoms with E-state index >= 15 is 0 Å². The lowest BCUT2D eigenvalue weighted by atomic mass is 9.51. The number of hydrogen-bond donors (Lipinski definition) is 0. The van der Waals surface area contributed by atoms with Gasteiger partial charge in [0.2, 0.25) is 0 Å². The zero-order chi connectivity index (χ0) is 18.7. The molecule has 0 N–H and O–H groups in total. The molecule has 3 nitrogen and oxygen atoms in total. The van der Waals surface area contributed by atoms with Crippen molar-refractivity contribution in [3.05, 3.63) is 34.6 Å². The van der Waals surface area contributed by atoms with Gasteiger partial charge in [-0.15, -0.1) is 0 Å². The van der Waals surface area contributed by atoms with Gasteiger partial charge in [-0.05, 0) is 67.1 Å². The molecule has 0 spiro atoms. The number of ether oxygens (including phenoxy) is 3. The molecule has 0 bridgehead atoms. The zero-order valence-corrected chi connectivity index (χ0v) is 17.3. The Morgan fingerprint density at radius 3 is 2.27 bits per heavy atom. The van der Waals surface area contributed by atoms with Crippen molar-refractivity contribution in [1.82, 2.24) is 0 Å². The third-order valence-electron chi connectivity index (χ3n) is 8.47. The van der Waals surface area contributed by atoms with Crippen LogP contribution in [0.1, 0.15) is 59.3 Å². The van der Waals surface area contributed by atoms with Crippen molar-refractivity contribution in [2.75, 3.05) is 21.3 Å². The Kier molecular flexibility index (Phi) is 4.20. The molecule has 4 aliphatic rings. The van der Waals surface area contributed by atoms with Gasteiger partial charge >= 0.3 is 0 Å². The van der Waals surface area contributed by atoms with Crippen LogP contribution in [0.3, 0.4) is 0 Å². The van der Waals surface area contributed by atoms with Crippen molar-refractivity contribution >= 4 is 0 Å². The highest BCUT2D eigenvalue weighted by atomic mass is 16.7. The van der Waals surface area contributed by atoms with Gasteiger partial charge in [-0.2, -0.15) is 0 Å². The van der Waals surface area contributed by atoms with E-state index in [2.05, 4.69) is 32.9 Å². The summed E-state index contributed by atoms with van der Waals surface area (Å²) < 4.78 is 17.6. The van der Waals surface area contributed by atoms with E-state index in [1.54, 1.807) is 12.7 Å². The lowest BCUT2D eigenvalue weighted by Crippen LogP contribution is -2.53. The standard InChI is InChI=1S/C23H34O3/c1-15-13-17-18(21(2)10-7-16(24-4)14-20(15)21)8-11-22(3)19(17)9-12-23(22,25-5)26-6/h13-14,18-19H,7-12H2,1-6H3/t18-,19-,21+,22-/m0/s1. The Morgan fingerprint density at radius 2 is 1.62 bits per heavy atom. The summed E-state index contributed by atoms with van der Waals surface area (Å²) in [6.45, 7) is 7.17.